The van der Waals surface area contributed by atoms with Gasteiger partial charge in [0.2, 0.25) is 10.0 Å². The summed E-state index contributed by atoms with van der Waals surface area (Å²) >= 11 is 0. The van der Waals surface area contributed by atoms with Gasteiger partial charge in [-0.05, 0) is 6.42 Å². The van der Waals surface area contributed by atoms with E-state index in [2.05, 4.69) is 11.6 Å². The van der Waals surface area contributed by atoms with Crippen LogP contribution in [0.25, 0.3) is 0 Å². The molecule has 0 unspecified atom stereocenters. The summed E-state index contributed by atoms with van der Waals surface area (Å²) in [4.78, 5) is 0. The van der Waals surface area contributed by atoms with Crippen molar-refractivity contribution < 1.29 is 8.42 Å². The molecule has 0 aliphatic carbocycles. The fraction of sp³-hybridized carbons (Fsp3) is 1.00. The summed E-state index contributed by atoms with van der Waals surface area (Å²) in [5.41, 5.74) is 5.22. The molecule has 0 spiro atoms. The van der Waals surface area contributed by atoms with Crippen molar-refractivity contribution in [2.45, 2.75) is 45.4 Å². The van der Waals surface area contributed by atoms with Crippen LogP contribution in [0.2, 0.25) is 0 Å². The van der Waals surface area contributed by atoms with E-state index in [4.69, 9.17) is 5.73 Å². The number of rotatable bonds is 10. The van der Waals surface area contributed by atoms with E-state index in [1.807, 2.05) is 0 Å². The van der Waals surface area contributed by atoms with Crippen LogP contribution in [0.5, 0.6) is 0 Å². The first kappa shape index (κ1) is 14.9. The monoisotopic (exact) mass is 236 g/mol. The Morgan fingerprint density at radius 3 is 2.27 bits per heavy atom. The van der Waals surface area contributed by atoms with Crippen LogP contribution in [0.3, 0.4) is 0 Å². The number of hydrogen-bond acceptors (Lipinski definition) is 3. The van der Waals surface area contributed by atoms with Crippen LogP contribution in [-0.4, -0.2) is 27.3 Å². The Bertz CT molecular complexity index is 228. The lowest BCUT2D eigenvalue weighted by Gasteiger charge is -2.04. The molecule has 0 saturated carbocycles. The minimum atomic E-state index is -3.07. The number of sulfonamides is 1. The summed E-state index contributed by atoms with van der Waals surface area (Å²) in [5.74, 6) is 0.235. The number of nitrogens with one attached hydrogen (secondary N) is 1. The van der Waals surface area contributed by atoms with Gasteiger partial charge in [-0.15, -0.1) is 0 Å². The highest BCUT2D eigenvalue weighted by atomic mass is 32.2. The molecule has 0 heterocycles. The topological polar surface area (TPSA) is 72.2 Å². The van der Waals surface area contributed by atoms with E-state index >= 15 is 0 Å². The van der Waals surface area contributed by atoms with Gasteiger partial charge in [-0.1, -0.05) is 39.0 Å². The average Bonchev–Trinajstić information content (AvgIpc) is 2.20. The van der Waals surface area contributed by atoms with E-state index in [0.717, 1.165) is 19.3 Å². The number of nitrogens with two attached hydrogens (primary N) is 1. The first-order valence-electron chi connectivity index (χ1n) is 5.80. The zero-order valence-corrected chi connectivity index (χ0v) is 10.5. The molecule has 4 nitrogen and oxygen atoms in total. The molecular weight excluding hydrogens is 212 g/mol. The van der Waals surface area contributed by atoms with Crippen molar-refractivity contribution in [1.29, 1.82) is 0 Å². The third-order valence-corrected chi connectivity index (χ3v) is 3.70. The largest absolute Gasteiger partial charge is 0.329 e. The molecule has 0 aromatic carbocycles. The summed E-state index contributed by atoms with van der Waals surface area (Å²) in [5, 5.41) is 0. The Kier molecular flexibility index (Phi) is 9.04. The maximum absolute atomic E-state index is 11.3. The second-order valence-electron chi connectivity index (χ2n) is 3.77. The van der Waals surface area contributed by atoms with E-state index < -0.39 is 10.0 Å². The lowest BCUT2D eigenvalue weighted by Crippen LogP contribution is -2.31. The fourth-order valence-corrected chi connectivity index (χ4v) is 2.52. The summed E-state index contributed by atoms with van der Waals surface area (Å²) in [6.45, 7) is 2.87. The van der Waals surface area contributed by atoms with Crippen molar-refractivity contribution in [3.05, 3.63) is 0 Å². The van der Waals surface area contributed by atoms with Crippen LogP contribution < -0.4 is 10.5 Å². The van der Waals surface area contributed by atoms with Gasteiger partial charge in [0.25, 0.3) is 0 Å². The molecule has 0 atom stereocenters. The first-order chi connectivity index (χ1) is 7.12. The van der Waals surface area contributed by atoms with Crippen molar-refractivity contribution in [1.82, 2.24) is 4.72 Å². The fourth-order valence-electron chi connectivity index (χ4n) is 1.36. The predicted molar refractivity (Wildman–Crippen MR) is 64.2 cm³/mol. The molecule has 0 radical (unpaired) electrons. The lowest BCUT2D eigenvalue weighted by atomic mass is 10.1. The van der Waals surface area contributed by atoms with Gasteiger partial charge in [-0.3, -0.25) is 0 Å². The summed E-state index contributed by atoms with van der Waals surface area (Å²) < 4.78 is 25.1. The van der Waals surface area contributed by atoms with Crippen LogP contribution in [-0.2, 0) is 10.0 Å². The molecule has 0 saturated heterocycles. The highest BCUT2D eigenvalue weighted by Crippen LogP contribution is 2.05. The molecular formula is C10H24N2O2S. The van der Waals surface area contributed by atoms with Crippen LogP contribution in [0, 0.1) is 0 Å². The van der Waals surface area contributed by atoms with Crippen LogP contribution in [0.15, 0.2) is 0 Å². The Hall–Kier alpha value is -0.130. The van der Waals surface area contributed by atoms with Gasteiger partial charge in [0.1, 0.15) is 0 Å². The highest BCUT2D eigenvalue weighted by molar-refractivity contribution is 7.89. The smallest absolute Gasteiger partial charge is 0.211 e. The standard InChI is InChI=1S/C10H24N2O2S/c1-2-3-4-5-6-7-10-15(13,14)12-9-8-11/h12H,2-11H2,1H3. The predicted octanol–water partition coefficient (Wildman–Crippen LogP) is 1.23. The maximum Gasteiger partial charge on any atom is 0.211 e. The van der Waals surface area contributed by atoms with E-state index in [1.165, 1.54) is 19.3 Å². The molecule has 3 N–H and O–H groups in total. The van der Waals surface area contributed by atoms with E-state index in [9.17, 15) is 8.42 Å². The normalized spacial score (nSPS) is 11.9. The number of hydrogen-bond donors (Lipinski definition) is 2. The summed E-state index contributed by atoms with van der Waals surface area (Å²) in [6, 6.07) is 0. The van der Waals surface area contributed by atoms with Gasteiger partial charge in [0.05, 0.1) is 5.75 Å². The maximum atomic E-state index is 11.3. The molecule has 0 amide bonds. The minimum Gasteiger partial charge on any atom is -0.329 e. The zero-order valence-electron chi connectivity index (χ0n) is 9.67. The third-order valence-electron chi connectivity index (χ3n) is 2.23. The van der Waals surface area contributed by atoms with Crippen molar-refractivity contribution in [2.75, 3.05) is 18.8 Å². The van der Waals surface area contributed by atoms with E-state index in [0.29, 0.717) is 13.1 Å². The lowest BCUT2D eigenvalue weighted by molar-refractivity contribution is 0.571. The Morgan fingerprint density at radius 1 is 1.07 bits per heavy atom. The van der Waals surface area contributed by atoms with Crippen molar-refractivity contribution in [3.8, 4) is 0 Å². The Balaban J connectivity index is 3.41. The molecule has 0 rings (SSSR count). The molecule has 15 heavy (non-hydrogen) atoms. The minimum absolute atomic E-state index is 0.235. The number of unbranched alkanes of at least 4 members (excludes halogenated alkanes) is 5. The SMILES string of the molecule is CCCCCCCCS(=O)(=O)NCCN. The Labute approximate surface area is 93.7 Å². The van der Waals surface area contributed by atoms with Gasteiger partial charge in [-0.2, -0.15) is 0 Å². The molecule has 0 aromatic rings. The van der Waals surface area contributed by atoms with Crippen molar-refractivity contribution in [3.63, 3.8) is 0 Å². The molecule has 0 aliphatic rings. The molecule has 0 bridgehead atoms. The molecule has 5 heteroatoms. The second-order valence-corrected chi connectivity index (χ2v) is 5.70. The first-order valence-corrected chi connectivity index (χ1v) is 7.45. The van der Waals surface area contributed by atoms with Crippen molar-refractivity contribution in [2.24, 2.45) is 5.73 Å². The molecule has 0 aromatic heterocycles. The molecule has 0 fully saturated rings. The van der Waals surface area contributed by atoms with Crippen molar-refractivity contribution >= 4 is 10.0 Å². The van der Waals surface area contributed by atoms with Gasteiger partial charge in [0, 0.05) is 13.1 Å². The van der Waals surface area contributed by atoms with Gasteiger partial charge < -0.3 is 5.73 Å². The van der Waals surface area contributed by atoms with Crippen LogP contribution in [0.4, 0.5) is 0 Å². The van der Waals surface area contributed by atoms with Gasteiger partial charge >= 0.3 is 0 Å². The molecule has 0 aliphatic heterocycles. The van der Waals surface area contributed by atoms with E-state index in [1.54, 1.807) is 0 Å². The highest BCUT2D eigenvalue weighted by Gasteiger charge is 2.07. The van der Waals surface area contributed by atoms with Crippen LogP contribution >= 0.6 is 0 Å². The summed E-state index contributed by atoms with van der Waals surface area (Å²) in [7, 11) is -3.07. The average molecular weight is 236 g/mol. The second kappa shape index (κ2) is 9.12. The zero-order chi connectivity index (χ0) is 11.6. The van der Waals surface area contributed by atoms with Gasteiger partial charge in [0.15, 0.2) is 0 Å². The van der Waals surface area contributed by atoms with Crippen LogP contribution in [0.1, 0.15) is 45.4 Å². The quantitative estimate of drug-likeness (QED) is 0.560. The molecule has 92 valence electrons. The summed E-state index contributed by atoms with van der Waals surface area (Å²) in [6.07, 6.45) is 6.58. The van der Waals surface area contributed by atoms with E-state index in [-0.39, 0.29) is 5.75 Å². The Morgan fingerprint density at radius 2 is 1.67 bits per heavy atom. The van der Waals surface area contributed by atoms with Gasteiger partial charge in [-0.25, -0.2) is 13.1 Å². The third kappa shape index (κ3) is 10.2.